The van der Waals surface area contributed by atoms with Crippen LogP contribution >= 0.6 is 22.7 Å². The second-order valence-corrected chi connectivity index (χ2v) is 32.1. The van der Waals surface area contributed by atoms with Crippen molar-refractivity contribution in [3.63, 3.8) is 0 Å². The fourth-order valence-corrected chi connectivity index (χ4v) is 16.9. The summed E-state index contributed by atoms with van der Waals surface area (Å²) in [5.74, 6) is 0.854. The van der Waals surface area contributed by atoms with E-state index in [4.69, 9.17) is 0 Å². The Morgan fingerprint density at radius 1 is 0.393 bits per heavy atom. The highest BCUT2D eigenvalue weighted by Gasteiger charge is 2.51. The molecule has 0 N–H and O–H groups in total. The fourth-order valence-electron chi connectivity index (χ4n) is 14.7. The highest BCUT2D eigenvalue weighted by molar-refractivity contribution is 7.16. The third-order valence-corrected chi connectivity index (χ3v) is 22.7. The summed E-state index contributed by atoms with van der Waals surface area (Å²) in [6.07, 6.45) is 44.6. The second-order valence-electron chi connectivity index (χ2n) is 29.9. The molecule has 0 bridgehead atoms. The third-order valence-electron chi connectivity index (χ3n) is 20.0. The minimum atomic E-state index is -0.0508. The van der Waals surface area contributed by atoms with Gasteiger partial charge in [0.25, 0.3) is 11.8 Å². The van der Waals surface area contributed by atoms with Gasteiger partial charge in [-0.2, -0.15) is 0 Å². The summed E-state index contributed by atoms with van der Waals surface area (Å²) < 4.78 is 0. The number of rotatable bonds is 42. The van der Waals surface area contributed by atoms with Crippen molar-refractivity contribution in [3.05, 3.63) is 103 Å². The number of fused-ring (bicyclic) bond motifs is 4. The molecule has 2 aliphatic heterocycles. The Morgan fingerprint density at radius 3 is 1.19 bits per heavy atom. The standard InChI is InChI=1S/C80H122N2O2S2.C3H8/c1-13-19-25-30-33-38-44-60(42-36-28-22-16-4)58-81-74(72-73(77(81)84)75(70-52-53-71(86-70)79(10,11)12)82(76(72)83)59-61(43-37-29-23-17-5)45-39-34-31-26-20-14-2)69-51-50-68(85-69)62-46-48-64-65-49-47-63(78(7,8)9)57-67(65)80(66(64)56-62,54-40-24-18-6)55-41-35-32-27-21-15-3;1-3-2/h46-53,56-57,60-61H,13-45,54-55,58-59H2,1-12H3;3H2,1-2H3. The Balaban J connectivity index is 0.00000412. The summed E-state index contributed by atoms with van der Waals surface area (Å²) in [5.41, 5.74) is 11.7. The van der Waals surface area contributed by atoms with E-state index in [1.807, 2.05) is 11.3 Å². The van der Waals surface area contributed by atoms with Crippen molar-refractivity contribution in [1.29, 1.82) is 0 Å². The van der Waals surface area contributed by atoms with Gasteiger partial charge in [-0.1, -0.05) is 320 Å². The largest absolute Gasteiger partial charge is 0.306 e. The lowest BCUT2D eigenvalue weighted by Crippen LogP contribution is -2.34. The minimum absolute atomic E-state index is 0.0449. The van der Waals surface area contributed by atoms with Gasteiger partial charge in [0.05, 0.1) is 32.3 Å². The molecular weight excluding hydrogens is 1120 g/mol. The van der Waals surface area contributed by atoms with E-state index in [1.165, 1.54) is 243 Å². The molecule has 4 heterocycles. The lowest BCUT2D eigenvalue weighted by Gasteiger charge is -2.34. The number of thiophene rings is 2. The first-order valence-electron chi connectivity index (χ1n) is 37.6. The van der Waals surface area contributed by atoms with E-state index in [1.54, 1.807) is 16.9 Å². The Morgan fingerprint density at radius 2 is 0.753 bits per heavy atom. The van der Waals surface area contributed by atoms with Crippen LogP contribution in [0.15, 0.2) is 71.8 Å². The van der Waals surface area contributed by atoms with Crippen molar-refractivity contribution in [3.8, 4) is 21.6 Å². The molecule has 6 heteroatoms. The number of hydrogen-bond acceptors (Lipinski definition) is 4. The van der Waals surface area contributed by atoms with Gasteiger partial charge >= 0.3 is 0 Å². The van der Waals surface area contributed by atoms with Gasteiger partial charge in [0.2, 0.25) is 0 Å². The summed E-state index contributed by atoms with van der Waals surface area (Å²) in [4.78, 5) is 41.4. The maximum absolute atomic E-state index is 16.2. The minimum Gasteiger partial charge on any atom is -0.306 e. The van der Waals surface area contributed by atoms with Crippen LogP contribution in [0.4, 0.5) is 0 Å². The van der Waals surface area contributed by atoms with E-state index >= 15 is 9.59 Å². The Labute approximate surface area is 555 Å². The average molecular weight is 1250 g/mol. The van der Waals surface area contributed by atoms with Crippen molar-refractivity contribution in [2.45, 2.75) is 344 Å². The summed E-state index contributed by atoms with van der Waals surface area (Å²) in [5, 5.41) is 0. The monoisotopic (exact) mass is 1250 g/mol. The fraction of sp³-hybridized carbons (Fsp3) is 0.687. The summed E-state index contributed by atoms with van der Waals surface area (Å²) in [6.45, 7) is 33.5. The molecule has 3 unspecified atom stereocenters. The molecule has 0 saturated carbocycles. The number of nitrogens with zero attached hydrogens (tertiary/aromatic N) is 2. The quantitative estimate of drug-likeness (QED) is 0.0415. The molecule has 0 fully saturated rings. The smallest absolute Gasteiger partial charge is 0.261 e. The van der Waals surface area contributed by atoms with Crippen LogP contribution in [0.2, 0.25) is 0 Å². The highest BCUT2D eigenvalue weighted by Crippen LogP contribution is 2.57. The Hall–Kier alpha value is -3.74. The van der Waals surface area contributed by atoms with Crippen LogP contribution in [0.3, 0.4) is 0 Å². The molecular formula is C83H130N2O2S2. The molecule has 2 aromatic carbocycles. The van der Waals surface area contributed by atoms with Crippen molar-refractivity contribution >= 4 is 45.9 Å². The molecule has 4 aromatic rings. The zero-order chi connectivity index (χ0) is 64.4. The lowest BCUT2D eigenvalue weighted by molar-refractivity contribution is -0.124. The molecule has 4 nitrogen and oxygen atoms in total. The molecule has 1 aliphatic carbocycles. The van der Waals surface area contributed by atoms with Gasteiger partial charge in [0, 0.05) is 28.3 Å². The second kappa shape index (κ2) is 37.8. The van der Waals surface area contributed by atoms with Gasteiger partial charge in [0.1, 0.15) is 0 Å². The van der Waals surface area contributed by atoms with Crippen LogP contribution in [-0.4, -0.2) is 34.7 Å². The number of unbranched alkanes of at least 4 members (excludes halogenated alkanes) is 23. The third kappa shape index (κ3) is 20.4. The molecule has 0 spiro atoms. The van der Waals surface area contributed by atoms with Gasteiger partial charge in [0.15, 0.2) is 0 Å². The molecule has 2 amide bonds. The van der Waals surface area contributed by atoms with Gasteiger partial charge in [-0.25, -0.2) is 0 Å². The molecule has 89 heavy (non-hydrogen) atoms. The van der Waals surface area contributed by atoms with Crippen LogP contribution < -0.4 is 0 Å². The SMILES string of the molecule is CCC.CCCCCCCCC(CCCCCC)CN1C(=O)C2=C(c3ccc(C(C)(C)C)s3)N(CC(CCCCCC)CCCCCCCC)C(=O)C2=C1c1ccc(-c2ccc3c(c2)C(CCCCC)(CCCCCCCC)c2cc(C(C)(C)C)ccc2-3)s1. The lowest BCUT2D eigenvalue weighted by atomic mass is 9.69. The molecule has 496 valence electrons. The van der Waals surface area contributed by atoms with Crippen molar-refractivity contribution in [2.24, 2.45) is 11.8 Å². The molecule has 3 aliphatic rings. The maximum Gasteiger partial charge on any atom is 0.261 e. The number of carbonyl (C=O) groups excluding carboxylic acids is 2. The highest BCUT2D eigenvalue weighted by atomic mass is 32.1. The van der Waals surface area contributed by atoms with Crippen molar-refractivity contribution < 1.29 is 9.59 Å². The first kappa shape index (κ1) is 74.3. The van der Waals surface area contributed by atoms with Gasteiger partial charge in [-0.05, 0) is 125 Å². The topological polar surface area (TPSA) is 40.6 Å². The molecule has 2 aromatic heterocycles. The zero-order valence-corrected chi connectivity index (χ0v) is 61.5. The van der Waals surface area contributed by atoms with E-state index in [2.05, 4.69) is 167 Å². The van der Waals surface area contributed by atoms with E-state index < -0.39 is 0 Å². The van der Waals surface area contributed by atoms with Crippen LogP contribution in [-0.2, 0) is 25.8 Å². The van der Waals surface area contributed by atoms with E-state index in [-0.39, 0.29) is 28.1 Å². The number of benzene rings is 2. The predicted molar refractivity (Wildman–Crippen MR) is 394 cm³/mol. The van der Waals surface area contributed by atoms with Crippen LogP contribution in [0.1, 0.15) is 359 Å². The van der Waals surface area contributed by atoms with Crippen LogP contribution in [0.5, 0.6) is 0 Å². The Bertz CT molecular complexity index is 2810. The van der Waals surface area contributed by atoms with Crippen LogP contribution in [0, 0.1) is 11.8 Å². The van der Waals surface area contributed by atoms with Gasteiger partial charge in [-0.15, -0.1) is 22.7 Å². The molecule has 7 rings (SSSR count). The first-order chi connectivity index (χ1) is 43.0. The van der Waals surface area contributed by atoms with Crippen LogP contribution in [0.25, 0.3) is 33.0 Å². The maximum atomic E-state index is 16.2. The Kier molecular flexibility index (Phi) is 31.6. The number of hydrogen-bond donors (Lipinski definition) is 0. The van der Waals surface area contributed by atoms with E-state index in [0.717, 1.165) is 46.8 Å². The van der Waals surface area contributed by atoms with Gasteiger partial charge < -0.3 is 9.80 Å². The van der Waals surface area contributed by atoms with Crippen molar-refractivity contribution in [1.82, 2.24) is 9.80 Å². The zero-order valence-electron chi connectivity index (χ0n) is 59.8. The molecule has 0 saturated heterocycles. The average Bonchev–Trinajstić information content (AvgIpc) is 1.65. The number of carbonyl (C=O) groups is 2. The summed E-state index contributed by atoms with van der Waals surface area (Å²) >= 11 is 3.62. The normalized spacial score (nSPS) is 16.4. The molecule has 3 atom stereocenters. The van der Waals surface area contributed by atoms with Gasteiger partial charge in [-0.3, -0.25) is 9.59 Å². The summed E-state index contributed by atoms with van der Waals surface area (Å²) in [6, 6.07) is 24.1. The number of amides is 2. The van der Waals surface area contributed by atoms with E-state index in [0.29, 0.717) is 36.1 Å². The molecule has 0 radical (unpaired) electrons. The predicted octanol–water partition coefficient (Wildman–Crippen LogP) is 26.6. The first-order valence-corrected chi connectivity index (χ1v) is 39.2. The van der Waals surface area contributed by atoms with Crippen molar-refractivity contribution in [2.75, 3.05) is 13.1 Å². The van der Waals surface area contributed by atoms with E-state index in [9.17, 15) is 0 Å². The summed E-state index contributed by atoms with van der Waals surface area (Å²) in [7, 11) is 0.